The minimum atomic E-state index is -0.995. The van der Waals surface area contributed by atoms with Crippen molar-refractivity contribution in [1.82, 2.24) is 19.9 Å². The van der Waals surface area contributed by atoms with Crippen molar-refractivity contribution in [2.75, 3.05) is 14.2 Å². The molecule has 3 aromatic heterocycles. The number of thiophene rings is 1. The molecule has 0 aliphatic carbocycles. The van der Waals surface area contributed by atoms with Gasteiger partial charge in [-0.1, -0.05) is 36.4 Å². The predicted octanol–water partition coefficient (Wildman–Crippen LogP) is 6.85. The number of nitrogens with one attached hydrogen (secondary N) is 4. The van der Waals surface area contributed by atoms with Crippen LogP contribution in [-0.4, -0.2) is 58.4 Å². The topological polar surface area (TPSA) is 192 Å². The van der Waals surface area contributed by atoms with Crippen LogP contribution in [0.5, 0.6) is 0 Å². The van der Waals surface area contributed by atoms with E-state index in [1.807, 2.05) is 12.1 Å². The largest absolute Gasteiger partial charge is 2.00 e. The summed E-state index contributed by atoms with van der Waals surface area (Å²) in [5.74, 6) is 0. The van der Waals surface area contributed by atoms with E-state index in [4.69, 9.17) is 11.5 Å². The van der Waals surface area contributed by atoms with Crippen LogP contribution in [0.4, 0.5) is 9.59 Å². The fourth-order valence-corrected chi connectivity index (χ4v) is 5.99. The number of amides is 2. The number of H-pyrrole nitrogens is 2. The molecule has 2 amide bonds. The first-order chi connectivity index (χ1) is 21.7. The number of hydrogen-bond donors (Lipinski definition) is 2. The standard InChI is InChI=1S/C26H16N4O2P2S.2C2H5NO2.2V/c31-13-33-25-27-11-21(29-25)19-5-3-15-7-16(1-2-17(15)8-19)18-4-6-20-10-24(35-23(20)9-18)22-12-28-26(30-22)34-14-32;2*1-5-2(3)4;;/h1-12,33-34H,(H,27,29)(H,28,30);2*1H3,(H2,3,4);;/q-2;;;2*+2/p-2. The molecule has 6 rings (SSSR count). The molecular weight excluding hydrogens is 736 g/mol. The number of nitrogens with zero attached hydrogens (tertiary/aromatic N) is 2. The van der Waals surface area contributed by atoms with Gasteiger partial charge in [-0.15, -0.1) is 11.3 Å². The monoisotopic (exact) mass is 760 g/mol. The number of benzene rings is 3. The third-order valence-corrected chi connectivity index (χ3v) is 8.45. The van der Waals surface area contributed by atoms with Crippen LogP contribution in [0.3, 0.4) is 0 Å². The van der Waals surface area contributed by atoms with Crippen LogP contribution in [0.2, 0.25) is 0 Å². The van der Waals surface area contributed by atoms with Gasteiger partial charge in [-0.2, -0.15) is 17.2 Å². The van der Waals surface area contributed by atoms with Crippen LogP contribution in [0, 0.1) is 0 Å². The molecular formula is C30H24N6O6P2SV2. The van der Waals surface area contributed by atoms with E-state index in [9.17, 15) is 19.2 Å². The zero-order valence-electron chi connectivity index (χ0n) is 24.6. The van der Waals surface area contributed by atoms with Gasteiger partial charge in [0.1, 0.15) is 0 Å². The fourth-order valence-electron chi connectivity index (χ4n) is 4.07. The average Bonchev–Trinajstić information content (AvgIpc) is 3.81. The van der Waals surface area contributed by atoms with Gasteiger partial charge in [0, 0.05) is 10.3 Å². The molecule has 3 heterocycles. The molecule has 0 saturated carbocycles. The minimum Gasteiger partial charge on any atom is -0.632 e. The number of carbonyl (C=O) groups excluding carboxylic acids is 4. The van der Waals surface area contributed by atoms with Gasteiger partial charge in [-0.3, -0.25) is 9.59 Å². The molecule has 3 aromatic carbocycles. The average molecular weight is 760 g/mol. The van der Waals surface area contributed by atoms with E-state index in [0.717, 1.165) is 57.9 Å². The number of aromatic nitrogens is 4. The summed E-state index contributed by atoms with van der Waals surface area (Å²) in [7, 11) is 2.16. The van der Waals surface area contributed by atoms with E-state index >= 15 is 0 Å². The SMILES string of the molecule is COC([NH-])=O.COC([NH-])=O.O=[C-]Pc1ncc(-c2ccc3cc(-c4ccc5cc(-c6cnc(P[C-]=O)[nH]6)sc5c4)ccc3c2)[nH]1.[V+2].[V+2]. The molecule has 4 N–H and O–H groups in total. The first kappa shape index (κ1) is 39.4. The number of aromatic amines is 2. The number of fused-ring (bicyclic) bond motifs is 2. The van der Waals surface area contributed by atoms with Gasteiger partial charge in [0.05, 0.1) is 54.0 Å². The quantitative estimate of drug-likeness (QED) is 0.130. The van der Waals surface area contributed by atoms with E-state index in [-0.39, 0.29) is 54.3 Å². The molecule has 17 heteroatoms. The Morgan fingerprint density at radius 3 is 1.68 bits per heavy atom. The molecule has 236 valence electrons. The molecule has 2 radical (unpaired) electrons. The van der Waals surface area contributed by atoms with Crippen molar-refractivity contribution in [3.8, 4) is 33.0 Å². The summed E-state index contributed by atoms with van der Waals surface area (Å²) in [6, 6.07) is 25.2. The van der Waals surface area contributed by atoms with Crippen molar-refractivity contribution in [3.63, 3.8) is 0 Å². The van der Waals surface area contributed by atoms with Gasteiger partial charge in [-0.05, 0) is 51.6 Å². The van der Waals surface area contributed by atoms with Crippen LogP contribution in [0.1, 0.15) is 0 Å². The summed E-state index contributed by atoms with van der Waals surface area (Å²) in [5, 5.41) is 3.46. The summed E-state index contributed by atoms with van der Waals surface area (Å²) >= 11 is 1.70. The van der Waals surface area contributed by atoms with Crippen molar-refractivity contribution in [1.29, 1.82) is 0 Å². The van der Waals surface area contributed by atoms with E-state index in [0.29, 0.717) is 11.1 Å². The van der Waals surface area contributed by atoms with E-state index in [1.165, 1.54) is 10.1 Å². The van der Waals surface area contributed by atoms with Crippen LogP contribution in [0.15, 0.2) is 73.1 Å². The maximum atomic E-state index is 10.6. The molecule has 47 heavy (non-hydrogen) atoms. The second-order valence-electron chi connectivity index (χ2n) is 8.87. The van der Waals surface area contributed by atoms with Gasteiger partial charge < -0.3 is 40.5 Å². The molecule has 0 saturated heterocycles. The third kappa shape index (κ3) is 10.9. The predicted molar refractivity (Wildman–Crippen MR) is 181 cm³/mol. The summed E-state index contributed by atoms with van der Waals surface area (Å²) in [5.41, 5.74) is 18.4. The van der Waals surface area contributed by atoms with Crippen molar-refractivity contribution in [3.05, 3.63) is 84.5 Å². The van der Waals surface area contributed by atoms with E-state index < -0.39 is 12.2 Å². The Morgan fingerprint density at radius 2 is 1.15 bits per heavy atom. The maximum absolute atomic E-state index is 10.6. The summed E-state index contributed by atoms with van der Waals surface area (Å²) < 4.78 is 8.75. The number of rotatable bonds is 7. The second kappa shape index (κ2) is 19.1. The minimum absolute atomic E-state index is 0. The van der Waals surface area contributed by atoms with Crippen molar-refractivity contribution >= 4 is 84.7 Å². The normalized spacial score (nSPS) is 10.3. The summed E-state index contributed by atoms with van der Waals surface area (Å²) in [6.45, 7) is 0. The zero-order valence-corrected chi connectivity index (χ0v) is 30.2. The summed E-state index contributed by atoms with van der Waals surface area (Å²) in [4.78, 5) is 55.8. The Balaban J connectivity index is 0.000000564. The van der Waals surface area contributed by atoms with Crippen LogP contribution < -0.4 is 11.1 Å². The first-order valence-corrected chi connectivity index (χ1v) is 15.6. The Hall–Kier alpha value is -3.79. The number of hydrogen-bond acceptors (Lipinski definition) is 9. The van der Waals surface area contributed by atoms with Crippen molar-refractivity contribution < 1.29 is 65.8 Å². The summed E-state index contributed by atoms with van der Waals surface area (Å²) in [6.07, 6.45) is 1.54. The molecule has 2 atom stereocenters. The van der Waals surface area contributed by atoms with Gasteiger partial charge in [-0.25, -0.2) is 22.0 Å². The Morgan fingerprint density at radius 1 is 0.702 bits per heavy atom. The first-order valence-electron chi connectivity index (χ1n) is 12.8. The molecule has 0 fully saturated rings. The number of imidazole rings is 2. The molecule has 12 nitrogen and oxygen atoms in total. The molecule has 0 aliphatic heterocycles. The van der Waals surface area contributed by atoms with Crippen LogP contribution in [-0.2, 0) is 56.2 Å². The smallest absolute Gasteiger partial charge is 0.632 e. The Bertz CT molecular complexity index is 1970. The van der Waals surface area contributed by atoms with Crippen LogP contribution in [0.25, 0.3) is 65.3 Å². The fraction of sp³-hybridized carbons (Fsp3) is 0.0667. The molecule has 2 unspecified atom stereocenters. The second-order valence-corrected chi connectivity index (χ2v) is 11.8. The number of carbonyl (C=O) groups is 2. The van der Waals surface area contributed by atoms with Gasteiger partial charge in [0.2, 0.25) is 12.2 Å². The van der Waals surface area contributed by atoms with E-state index in [1.54, 1.807) is 23.7 Å². The van der Waals surface area contributed by atoms with Crippen LogP contribution >= 0.6 is 28.5 Å². The van der Waals surface area contributed by atoms with Gasteiger partial charge in [0.15, 0.2) is 0 Å². The van der Waals surface area contributed by atoms with E-state index in [2.05, 4.69) is 90.1 Å². The number of ether oxygens (including phenoxy) is 2. The number of methoxy groups -OCH3 is 2. The van der Waals surface area contributed by atoms with Gasteiger partial charge in [0.25, 0.3) is 0 Å². The van der Waals surface area contributed by atoms with Gasteiger partial charge >= 0.3 is 37.1 Å². The Kier molecular flexibility index (Phi) is 16.0. The third-order valence-electron chi connectivity index (χ3n) is 6.13. The van der Waals surface area contributed by atoms with Crippen molar-refractivity contribution in [2.45, 2.75) is 0 Å². The van der Waals surface area contributed by atoms with Crippen molar-refractivity contribution in [2.24, 2.45) is 0 Å². The molecule has 0 aliphatic rings. The Labute approximate surface area is 300 Å². The molecule has 6 aromatic rings. The molecule has 0 bridgehead atoms. The maximum Gasteiger partial charge on any atom is 2.00 e. The zero-order chi connectivity index (χ0) is 32.3. The molecule has 0 spiro atoms.